The lowest BCUT2D eigenvalue weighted by Crippen LogP contribution is -2.19. The molecule has 0 bridgehead atoms. The molecule has 0 heterocycles. The Kier molecular flexibility index (Phi) is 5.10. The monoisotopic (exact) mass is 282 g/mol. The normalized spacial score (nSPS) is 11.0. The van der Waals surface area contributed by atoms with Gasteiger partial charge in [-0.1, -0.05) is 37.3 Å². The van der Waals surface area contributed by atoms with Gasteiger partial charge in [0.15, 0.2) is 0 Å². The molecule has 0 fully saturated rings. The number of carbonyl (C=O) groups excluding carboxylic acids is 1. The molecule has 0 aliphatic carbocycles. The second kappa shape index (κ2) is 7.24. The predicted octanol–water partition coefficient (Wildman–Crippen LogP) is 3.24. The first-order chi connectivity index (χ1) is 10.2. The highest BCUT2D eigenvalue weighted by molar-refractivity contribution is 6.02. The van der Waals surface area contributed by atoms with Crippen LogP contribution in [0.25, 0.3) is 0 Å². The summed E-state index contributed by atoms with van der Waals surface area (Å²) in [6, 6.07) is 16.7. The molecule has 0 aliphatic rings. The average molecular weight is 282 g/mol. The maximum Gasteiger partial charge on any atom is 0.271 e. The van der Waals surface area contributed by atoms with Crippen LogP contribution in [-0.4, -0.2) is 18.7 Å². The van der Waals surface area contributed by atoms with Crippen molar-refractivity contribution in [1.29, 1.82) is 0 Å². The fraction of sp³-hybridized carbons (Fsp3) is 0.176. The summed E-state index contributed by atoms with van der Waals surface area (Å²) in [7, 11) is 1.59. The predicted molar refractivity (Wildman–Crippen MR) is 83.7 cm³/mol. The largest absolute Gasteiger partial charge is 0.497 e. The number of amides is 1. The first kappa shape index (κ1) is 14.8. The molecule has 0 spiro atoms. The minimum Gasteiger partial charge on any atom is -0.497 e. The average Bonchev–Trinajstić information content (AvgIpc) is 2.56. The van der Waals surface area contributed by atoms with Gasteiger partial charge in [0.1, 0.15) is 5.75 Å². The maximum atomic E-state index is 12.0. The van der Waals surface area contributed by atoms with E-state index in [9.17, 15) is 4.79 Å². The van der Waals surface area contributed by atoms with Gasteiger partial charge < -0.3 is 4.74 Å². The Balaban J connectivity index is 2.09. The van der Waals surface area contributed by atoms with Crippen molar-refractivity contribution < 1.29 is 9.53 Å². The first-order valence-corrected chi connectivity index (χ1v) is 6.81. The molecule has 0 aliphatic heterocycles. The number of methoxy groups -OCH3 is 1. The Morgan fingerprint density at radius 2 is 1.71 bits per heavy atom. The van der Waals surface area contributed by atoms with E-state index in [1.165, 1.54) is 0 Å². The molecule has 0 aromatic heterocycles. The number of hydrogen-bond acceptors (Lipinski definition) is 3. The quantitative estimate of drug-likeness (QED) is 0.676. The number of nitrogens with zero attached hydrogens (tertiary/aromatic N) is 1. The van der Waals surface area contributed by atoms with Crippen molar-refractivity contribution in [2.24, 2.45) is 5.10 Å². The number of rotatable bonds is 5. The standard InChI is InChI=1S/C17H18N2O2/c1-3-16(13-7-5-4-6-8-13)18-19-17(20)14-9-11-15(21-2)12-10-14/h4-12H,3H2,1-2H3,(H,19,20)/b18-16+. The van der Waals surface area contributed by atoms with Crippen LogP contribution in [0.4, 0.5) is 0 Å². The van der Waals surface area contributed by atoms with Gasteiger partial charge in [0.05, 0.1) is 12.8 Å². The number of benzene rings is 2. The number of hydrogen-bond donors (Lipinski definition) is 1. The van der Waals surface area contributed by atoms with Crippen molar-refractivity contribution in [2.75, 3.05) is 7.11 Å². The molecule has 21 heavy (non-hydrogen) atoms. The van der Waals surface area contributed by atoms with Crippen LogP contribution in [0.5, 0.6) is 5.75 Å². The smallest absolute Gasteiger partial charge is 0.271 e. The SMILES string of the molecule is CC/C(=N\NC(=O)c1ccc(OC)cc1)c1ccccc1. The Morgan fingerprint density at radius 1 is 1.05 bits per heavy atom. The van der Waals surface area contributed by atoms with Gasteiger partial charge in [-0.3, -0.25) is 4.79 Å². The lowest BCUT2D eigenvalue weighted by molar-refractivity contribution is 0.0955. The van der Waals surface area contributed by atoms with Gasteiger partial charge in [-0.05, 0) is 36.2 Å². The molecule has 2 rings (SSSR count). The van der Waals surface area contributed by atoms with E-state index in [1.54, 1.807) is 31.4 Å². The van der Waals surface area contributed by atoms with E-state index in [0.717, 1.165) is 17.7 Å². The van der Waals surface area contributed by atoms with Crippen molar-refractivity contribution in [2.45, 2.75) is 13.3 Å². The van der Waals surface area contributed by atoms with Crippen LogP contribution in [0.2, 0.25) is 0 Å². The molecule has 2 aromatic rings. The summed E-state index contributed by atoms with van der Waals surface area (Å²) in [4.78, 5) is 12.0. The van der Waals surface area contributed by atoms with E-state index in [0.29, 0.717) is 11.3 Å². The third kappa shape index (κ3) is 3.92. The zero-order chi connectivity index (χ0) is 15.1. The van der Waals surface area contributed by atoms with Crippen molar-refractivity contribution in [3.05, 3.63) is 65.7 Å². The number of carbonyl (C=O) groups is 1. The molecule has 1 N–H and O–H groups in total. The second-order valence-electron chi connectivity index (χ2n) is 4.45. The summed E-state index contributed by atoms with van der Waals surface area (Å²) in [6.45, 7) is 2.01. The van der Waals surface area contributed by atoms with Crippen molar-refractivity contribution >= 4 is 11.6 Å². The van der Waals surface area contributed by atoms with Gasteiger partial charge in [0.25, 0.3) is 5.91 Å². The zero-order valence-electron chi connectivity index (χ0n) is 12.2. The summed E-state index contributed by atoms with van der Waals surface area (Å²) in [5, 5.41) is 4.22. The number of hydrazone groups is 1. The van der Waals surface area contributed by atoms with Crippen LogP contribution in [0.15, 0.2) is 59.7 Å². The highest BCUT2D eigenvalue weighted by Gasteiger charge is 2.06. The summed E-state index contributed by atoms with van der Waals surface area (Å²) in [5.41, 5.74) is 4.99. The van der Waals surface area contributed by atoms with E-state index in [1.807, 2.05) is 37.3 Å². The molecule has 0 saturated heterocycles. The molecule has 4 heteroatoms. The fourth-order valence-corrected chi connectivity index (χ4v) is 1.90. The summed E-state index contributed by atoms with van der Waals surface area (Å²) >= 11 is 0. The Labute approximate surface area is 124 Å². The third-order valence-corrected chi connectivity index (χ3v) is 3.09. The van der Waals surface area contributed by atoms with Crippen LogP contribution < -0.4 is 10.2 Å². The summed E-state index contributed by atoms with van der Waals surface area (Å²) in [6.07, 6.45) is 0.743. The zero-order valence-corrected chi connectivity index (χ0v) is 12.2. The van der Waals surface area contributed by atoms with E-state index in [4.69, 9.17) is 4.74 Å². The van der Waals surface area contributed by atoms with E-state index >= 15 is 0 Å². The van der Waals surface area contributed by atoms with Gasteiger partial charge in [0.2, 0.25) is 0 Å². The highest BCUT2D eigenvalue weighted by atomic mass is 16.5. The number of nitrogens with one attached hydrogen (secondary N) is 1. The second-order valence-corrected chi connectivity index (χ2v) is 4.45. The van der Waals surface area contributed by atoms with Crippen LogP contribution in [0, 0.1) is 0 Å². The molecule has 2 aromatic carbocycles. The molecule has 0 saturated carbocycles. The molecule has 0 radical (unpaired) electrons. The number of ether oxygens (including phenoxy) is 1. The molecule has 0 unspecified atom stereocenters. The van der Waals surface area contributed by atoms with Gasteiger partial charge >= 0.3 is 0 Å². The van der Waals surface area contributed by atoms with Crippen molar-refractivity contribution in [3.63, 3.8) is 0 Å². The highest BCUT2D eigenvalue weighted by Crippen LogP contribution is 2.11. The molecule has 0 atom stereocenters. The topological polar surface area (TPSA) is 50.7 Å². The van der Waals surface area contributed by atoms with E-state index < -0.39 is 0 Å². The minimum atomic E-state index is -0.237. The molecule has 1 amide bonds. The molecular weight excluding hydrogens is 264 g/mol. The van der Waals surface area contributed by atoms with Crippen molar-refractivity contribution in [1.82, 2.24) is 5.43 Å². The van der Waals surface area contributed by atoms with Gasteiger partial charge in [-0.2, -0.15) is 5.10 Å². The lowest BCUT2D eigenvalue weighted by Gasteiger charge is -2.06. The van der Waals surface area contributed by atoms with Gasteiger partial charge in [-0.25, -0.2) is 5.43 Å². The van der Waals surface area contributed by atoms with Gasteiger partial charge in [-0.15, -0.1) is 0 Å². The van der Waals surface area contributed by atoms with Crippen molar-refractivity contribution in [3.8, 4) is 5.75 Å². The Hall–Kier alpha value is -2.62. The molecular formula is C17H18N2O2. The fourth-order valence-electron chi connectivity index (χ4n) is 1.90. The maximum absolute atomic E-state index is 12.0. The van der Waals surface area contributed by atoms with Gasteiger partial charge in [0, 0.05) is 5.56 Å². The van der Waals surface area contributed by atoms with E-state index in [2.05, 4.69) is 10.5 Å². The Morgan fingerprint density at radius 3 is 2.29 bits per heavy atom. The molecule has 4 nitrogen and oxygen atoms in total. The van der Waals surface area contributed by atoms with E-state index in [-0.39, 0.29) is 5.91 Å². The van der Waals surface area contributed by atoms with Crippen LogP contribution in [-0.2, 0) is 0 Å². The Bertz CT molecular complexity index is 619. The van der Waals surface area contributed by atoms with Crippen LogP contribution in [0.1, 0.15) is 29.3 Å². The summed E-state index contributed by atoms with van der Waals surface area (Å²) in [5.74, 6) is 0.480. The van der Waals surface area contributed by atoms with Crippen LogP contribution >= 0.6 is 0 Å². The lowest BCUT2D eigenvalue weighted by atomic mass is 10.1. The summed E-state index contributed by atoms with van der Waals surface area (Å²) < 4.78 is 5.06. The molecule has 108 valence electrons. The first-order valence-electron chi connectivity index (χ1n) is 6.81. The third-order valence-electron chi connectivity index (χ3n) is 3.09. The van der Waals surface area contributed by atoms with Crippen LogP contribution in [0.3, 0.4) is 0 Å². The minimum absolute atomic E-state index is 0.237.